The third-order valence-electron chi connectivity index (χ3n) is 2.65. The Hall–Kier alpha value is -2.35. The average molecular weight is 314 g/mol. The van der Waals surface area contributed by atoms with E-state index in [0.29, 0.717) is 6.07 Å². The molecule has 21 heavy (non-hydrogen) atoms. The molecule has 112 valence electrons. The number of nitrogens with one attached hydrogen (secondary N) is 1. The first-order chi connectivity index (χ1) is 9.83. The summed E-state index contributed by atoms with van der Waals surface area (Å²) >= 11 is 0. The Balaban J connectivity index is 2.47. The lowest BCUT2D eigenvalue weighted by molar-refractivity contribution is 0.417. The van der Waals surface area contributed by atoms with Crippen LogP contribution in [0.4, 0.5) is 20.2 Å². The second kappa shape index (κ2) is 5.57. The molecule has 0 spiro atoms. The smallest absolute Gasteiger partial charge is 0.265 e. The van der Waals surface area contributed by atoms with Gasteiger partial charge >= 0.3 is 0 Å². The van der Waals surface area contributed by atoms with Gasteiger partial charge in [0.25, 0.3) is 10.0 Å². The second-order valence-corrected chi connectivity index (χ2v) is 5.79. The van der Waals surface area contributed by atoms with E-state index in [1.807, 2.05) is 0 Å². The minimum Gasteiger partial charge on any atom is -0.495 e. The van der Waals surface area contributed by atoms with Crippen LogP contribution in [0.5, 0.6) is 5.75 Å². The van der Waals surface area contributed by atoms with E-state index in [1.54, 1.807) is 0 Å². The van der Waals surface area contributed by atoms with Gasteiger partial charge in [-0.2, -0.15) is 0 Å². The van der Waals surface area contributed by atoms with Gasteiger partial charge in [-0.05, 0) is 36.4 Å². The van der Waals surface area contributed by atoms with Crippen LogP contribution in [0.3, 0.4) is 0 Å². The molecule has 0 amide bonds. The monoisotopic (exact) mass is 314 g/mol. The molecular weight excluding hydrogens is 302 g/mol. The number of hydrogen-bond donors (Lipinski definition) is 2. The van der Waals surface area contributed by atoms with Crippen molar-refractivity contribution in [1.29, 1.82) is 0 Å². The molecule has 0 aliphatic rings. The molecule has 2 rings (SSSR count). The molecule has 0 aliphatic carbocycles. The highest BCUT2D eigenvalue weighted by molar-refractivity contribution is 7.92. The van der Waals surface area contributed by atoms with Crippen molar-refractivity contribution in [2.75, 3.05) is 17.6 Å². The van der Waals surface area contributed by atoms with E-state index in [-0.39, 0.29) is 17.1 Å². The zero-order valence-electron chi connectivity index (χ0n) is 10.9. The number of anilines is 2. The maximum absolute atomic E-state index is 13.6. The Morgan fingerprint density at radius 1 is 1.14 bits per heavy atom. The number of benzene rings is 2. The van der Waals surface area contributed by atoms with Gasteiger partial charge < -0.3 is 10.5 Å². The van der Waals surface area contributed by atoms with Crippen molar-refractivity contribution < 1.29 is 21.9 Å². The van der Waals surface area contributed by atoms with Crippen molar-refractivity contribution in [3.63, 3.8) is 0 Å². The summed E-state index contributed by atoms with van der Waals surface area (Å²) in [6.07, 6.45) is 0. The fourth-order valence-electron chi connectivity index (χ4n) is 1.69. The summed E-state index contributed by atoms with van der Waals surface area (Å²) in [6.45, 7) is 0. The number of hydrogen-bond acceptors (Lipinski definition) is 4. The first-order valence-electron chi connectivity index (χ1n) is 5.75. The van der Waals surface area contributed by atoms with Crippen molar-refractivity contribution in [3.8, 4) is 5.75 Å². The van der Waals surface area contributed by atoms with Gasteiger partial charge in [0.15, 0.2) is 0 Å². The van der Waals surface area contributed by atoms with Gasteiger partial charge in [0.1, 0.15) is 22.3 Å². The van der Waals surface area contributed by atoms with Gasteiger partial charge in [0, 0.05) is 5.69 Å². The Morgan fingerprint density at radius 3 is 2.52 bits per heavy atom. The summed E-state index contributed by atoms with van der Waals surface area (Å²) in [5.74, 6) is -1.73. The first-order valence-corrected chi connectivity index (χ1v) is 7.23. The number of sulfonamides is 1. The van der Waals surface area contributed by atoms with Crippen LogP contribution in [0.2, 0.25) is 0 Å². The maximum atomic E-state index is 13.6. The molecule has 0 atom stereocenters. The van der Waals surface area contributed by atoms with E-state index in [2.05, 4.69) is 4.72 Å². The van der Waals surface area contributed by atoms with Crippen LogP contribution in [-0.2, 0) is 10.0 Å². The van der Waals surface area contributed by atoms with E-state index in [4.69, 9.17) is 10.5 Å². The van der Waals surface area contributed by atoms with Gasteiger partial charge in [-0.3, -0.25) is 4.72 Å². The third kappa shape index (κ3) is 3.22. The van der Waals surface area contributed by atoms with Crippen LogP contribution in [-0.4, -0.2) is 15.5 Å². The molecule has 0 unspecified atom stereocenters. The second-order valence-electron chi connectivity index (χ2n) is 4.14. The number of rotatable bonds is 4. The van der Waals surface area contributed by atoms with Crippen molar-refractivity contribution in [2.24, 2.45) is 0 Å². The van der Waals surface area contributed by atoms with Gasteiger partial charge in [-0.25, -0.2) is 17.2 Å². The highest BCUT2D eigenvalue weighted by Gasteiger charge is 2.21. The molecule has 0 aromatic heterocycles. The van der Waals surface area contributed by atoms with Gasteiger partial charge in [0.05, 0.1) is 12.8 Å². The minimum absolute atomic E-state index is 0.0289. The average Bonchev–Trinajstić information content (AvgIpc) is 2.41. The summed E-state index contributed by atoms with van der Waals surface area (Å²) in [7, 11) is -2.98. The van der Waals surface area contributed by atoms with Crippen LogP contribution in [0.25, 0.3) is 0 Å². The van der Waals surface area contributed by atoms with Gasteiger partial charge in [-0.15, -0.1) is 0 Å². The summed E-state index contributed by atoms with van der Waals surface area (Å²) in [4.78, 5) is -0.799. The Bertz CT molecular complexity index is 779. The molecule has 5 nitrogen and oxygen atoms in total. The number of methoxy groups -OCH3 is 1. The van der Waals surface area contributed by atoms with Crippen molar-refractivity contribution >= 4 is 21.4 Å². The summed E-state index contributed by atoms with van der Waals surface area (Å²) in [5.41, 5.74) is 5.88. The zero-order chi connectivity index (χ0) is 15.6. The highest BCUT2D eigenvalue weighted by atomic mass is 32.2. The molecule has 8 heteroatoms. The molecule has 0 saturated heterocycles. The molecule has 3 N–H and O–H groups in total. The summed E-state index contributed by atoms with van der Waals surface area (Å²) in [5, 5.41) is 0. The lowest BCUT2D eigenvalue weighted by Gasteiger charge is -2.13. The number of halogens is 2. The van der Waals surface area contributed by atoms with Crippen molar-refractivity contribution in [1.82, 2.24) is 0 Å². The fraction of sp³-hybridized carbons (Fsp3) is 0.0769. The number of ether oxygens (including phenoxy) is 1. The maximum Gasteiger partial charge on any atom is 0.265 e. The first kappa shape index (κ1) is 15.0. The Labute approximate surface area is 120 Å². The number of nitrogen functional groups attached to an aromatic ring is 1. The van der Waals surface area contributed by atoms with E-state index >= 15 is 0 Å². The molecule has 0 bridgehead atoms. The molecular formula is C13H12F2N2O3S. The molecule has 0 heterocycles. The normalized spacial score (nSPS) is 11.2. The van der Waals surface area contributed by atoms with Gasteiger partial charge in [-0.1, -0.05) is 0 Å². The predicted octanol–water partition coefficient (Wildman–Crippen LogP) is 2.36. The largest absolute Gasteiger partial charge is 0.495 e. The molecule has 0 radical (unpaired) electrons. The van der Waals surface area contributed by atoms with E-state index in [1.165, 1.54) is 25.3 Å². The predicted molar refractivity (Wildman–Crippen MR) is 74.6 cm³/mol. The molecule has 2 aromatic carbocycles. The SMILES string of the molecule is COc1ccc(N)cc1NS(=O)(=O)c1cc(F)ccc1F. The van der Waals surface area contributed by atoms with Gasteiger partial charge in [0.2, 0.25) is 0 Å². The van der Waals surface area contributed by atoms with Crippen LogP contribution in [0, 0.1) is 11.6 Å². The van der Waals surface area contributed by atoms with Crippen LogP contribution >= 0.6 is 0 Å². The minimum atomic E-state index is -4.32. The fourth-order valence-corrected chi connectivity index (χ4v) is 2.84. The van der Waals surface area contributed by atoms with Crippen LogP contribution < -0.4 is 15.2 Å². The number of nitrogens with two attached hydrogens (primary N) is 1. The topological polar surface area (TPSA) is 81.4 Å². The standard InChI is InChI=1S/C13H12F2N2O3S/c1-20-12-5-3-9(16)7-11(12)17-21(18,19)13-6-8(14)2-4-10(13)15/h2-7,17H,16H2,1H3. The van der Waals surface area contributed by atoms with E-state index in [0.717, 1.165) is 12.1 Å². The Morgan fingerprint density at radius 2 is 1.86 bits per heavy atom. The molecule has 2 aromatic rings. The highest BCUT2D eigenvalue weighted by Crippen LogP contribution is 2.29. The van der Waals surface area contributed by atoms with Crippen LogP contribution in [0.1, 0.15) is 0 Å². The lowest BCUT2D eigenvalue weighted by Crippen LogP contribution is -2.15. The molecule has 0 saturated carbocycles. The van der Waals surface area contributed by atoms with E-state index in [9.17, 15) is 17.2 Å². The molecule has 0 aliphatic heterocycles. The lowest BCUT2D eigenvalue weighted by atomic mass is 10.2. The van der Waals surface area contributed by atoms with E-state index < -0.39 is 26.6 Å². The Kier molecular flexibility index (Phi) is 3.99. The summed E-state index contributed by atoms with van der Waals surface area (Å²) in [6, 6.07) is 6.44. The van der Waals surface area contributed by atoms with Crippen molar-refractivity contribution in [2.45, 2.75) is 4.90 Å². The quantitative estimate of drug-likeness (QED) is 0.849. The zero-order valence-corrected chi connectivity index (χ0v) is 11.7. The van der Waals surface area contributed by atoms with Crippen molar-refractivity contribution in [3.05, 3.63) is 48.0 Å². The third-order valence-corrected chi connectivity index (χ3v) is 4.03. The molecule has 0 fully saturated rings. The van der Waals surface area contributed by atoms with Crippen LogP contribution in [0.15, 0.2) is 41.3 Å². The summed E-state index contributed by atoms with van der Waals surface area (Å²) < 4.78 is 58.1.